The van der Waals surface area contributed by atoms with Gasteiger partial charge < -0.3 is 10.2 Å². The number of pyridine rings is 2. The van der Waals surface area contributed by atoms with Crippen LogP contribution in [0.4, 0.5) is 10.5 Å². The second kappa shape index (κ2) is 7.46. The van der Waals surface area contributed by atoms with Gasteiger partial charge in [0.25, 0.3) is 0 Å². The Labute approximate surface area is 140 Å². The number of aromatic nitrogens is 2. The summed E-state index contributed by atoms with van der Waals surface area (Å²) in [5.74, 6) is 0.986. The average molecular weight is 328 g/mol. The molecule has 0 spiro atoms. The predicted octanol–water partition coefficient (Wildman–Crippen LogP) is 3.96. The minimum Gasteiger partial charge on any atom is -0.317 e. The molecule has 0 saturated carbocycles. The van der Waals surface area contributed by atoms with Crippen LogP contribution in [-0.4, -0.2) is 33.2 Å². The van der Waals surface area contributed by atoms with Gasteiger partial charge >= 0.3 is 6.03 Å². The number of amides is 2. The molecule has 23 heavy (non-hydrogen) atoms. The Bertz CT molecular complexity index is 647. The zero-order chi connectivity index (χ0) is 16.1. The van der Waals surface area contributed by atoms with E-state index in [9.17, 15) is 4.79 Å². The normalized spacial score (nSPS) is 17.3. The van der Waals surface area contributed by atoms with Crippen molar-refractivity contribution in [1.82, 2.24) is 14.9 Å². The molecule has 0 unspecified atom stereocenters. The third-order valence-corrected chi connectivity index (χ3v) is 4.71. The van der Waals surface area contributed by atoms with E-state index in [2.05, 4.69) is 22.2 Å². The molecule has 5 nitrogen and oxygen atoms in total. The lowest BCUT2D eigenvalue weighted by atomic mass is 10.1. The van der Waals surface area contributed by atoms with Gasteiger partial charge in [-0.1, -0.05) is 6.92 Å². The van der Waals surface area contributed by atoms with Crippen LogP contribution in [0.2, 0.25) is 0 Å². The van der Waals surface area contributed by atoms with Crippen molar-refractivity contribution < 1.29 is 4.79 Å². The maximum Gasteiger partial charge on any atom is 0.322 e. The number of urea groups is 1. The smallest absolute Gasteiger partial charge is 0.317 e. The van der Waals surface area contributed by atoms with Gasteiger partial charge in [-0.25, -0.2) is 9.78 Å². The van der Waals surface area contributed by atoms with Crippen molar-refractivity contribution in [3.63, 3.8) is 0 Å². The molecule has 0 aliphatic carbocycles. The van der Waals surface area contributed by atoms with Crippen LogP contribution < -0.4 is 5.32 Å². The van der Waals surface area contributed by atoms with E-state index in [4.69, 9.17) is 0 Å². The fraction of sp³-hybridized carbons (Fsp3) is 0.353. The third kappa shape index (κ3) is 3.82. The Morgan fingerprint density at radius 2 is 2.17 bits per heavy atom. The second-order valence-electron chi connectivity index (χ2n) is 5.38. The first-order valence-corrected chi connectivity index (χ1v) is 8.83. The first-order valence-electron chi connectivity index (χ1n) is 7.84. The zero-order valence-corrected chi connectivity index (χ0v) is 13.9. The molecule has 3 rings (SSSR count). The fourth-order valence-electron chi connectivity index (χ4n) is 2.82. The molecule has 2 aromatic heterocycles. The Kier molecular flexibility index (Phi) is 5.12. The average Bonchev–Trinajstić information content (AvgIpc) is 3.07. The van der Waals surface area contributed by atoms with Crippen LogP contribution >= 0.6 is 11.8 Å². The number of thioether (sulfide) groups is 1. The minimum absolute atomic E-state index is 0.0676. The minimum atomic E-state index is -0.0676. The number of carbonyl (C=O) groups excluding carboxylic acids is 1. The van der Waals surface area contributed by atoms with E-state index in [0.29, 0.717) is 0 Å². The van der Waals surface area contributed by atoms with Gasteiger partial charge in [0, 0.05) is 18.9 Å². The highest BCUT2D eigenvalue weighted by atomic mass is 32.2. The molecule has 120 valence electrons. The lowest BCUT2D eigenvalue weighted by molar-refractivity contribution is 0.207. The molecule has 2 amide bonds. The molecule has 1 N–H and O–H groups in total. The molecule has 6 heteroatoms. The van der Waals surface area contributed by atoms with Crippen molar-refractivity contribution in [3.05, 3.63) is 48.4 Å². The molecule has 1 atom stereocenters. The number of carbonyl (C=O) groups is 1. The maximum absolute atomic E-state index is 12.6. The Morgan fingerprint density at radius 1 is 1.35 bits per heavy atom. The lowest BCUT2D eigenvalue weighted by Gasteiger charge is -2.25. The molecule has 1 aliphatic rings. The number of likely N-dealkylation sites (tertiary alicyclic amines) is 1. The molecule has 0 aromatic carbocycles. The van der Waals surface area contributed by atoms with E-state index >= 15 is 0 Å². The van der Waals surface area contributed by atoms with E-state index in [1.807, 2.05) is 29.2 Å². The number of rotatable bonds is 4. The van der Waals surface area contributed by atoms with Crippen LogP contribution in [0.5, 0.6) is 0 Å². The summed E-state index contributed by atoms with van der Waals surface area (Å²) >= 11 is 1.69. The van der Waals surface area contributed by atoms with Crippen LogP contribution in [0.1, 0.15) is 31.4 Å². The SMILES string of the molecule is CCSc1ccc(NC(=O)N2CCC[C@H]2c2ccncc2)cn1. The van der Waals surface area contributed by atoms with Gasteiger partial charge in [0.2, 0.25) is 0 Å². The zero-order valence-electron chi connectivity index (χ0n) is 13.1. The van der Waals surface area contributed by atoms with Gasteiger partial charge in [-0.3, -0.25) is 4.98 Å². The summed E-state index contributed by atoms with van der Waals surface area (Å²) in [6.45, 7) is 2.87. The summed E-state index contributed by atoms with van der Waals surface area (Å²) in [6, 6.07) is 7.86. The standard InChI is InChI=1S/C17H20N4OS/c1-2-23-16-6-5-14(12-19-16)20-17(22)21-11-3-4-15(21)13-7-9-18-10-8-13/h5-10,12,15H,2-4,11H2,1H3,(H,20,22)/t15-/m0/s1. The summed E-state index contributed by atoms with van der Waals surface area (Å²) in [6.07, 6.45) is 7.27. The Hall–Kier alpha value is -2.08. The van der Waals surface area contributed by atoms with Crippen molar-refractivity contribution in [2.24, 2.45) is 0 Å². The van der Waals surface area contributed by atoms with E-state index < -0.39 is 0 Å². The highest BCUT2D eigenvalue weighted by molar-refractivity contribution is 7.99. The number of hydrogen-bond acceptors (Lipinski definition) is 4. The van der Waals surface area contributed by atoms with Crippen molar-refractivity contribution in [3.8, 4) is 0 Å². The van der Waals surface area contributed by atoms with Gasteiger partial charge in [-0.2, -0.15) is 0 Å². The molecule has 0 bridgehead atoms. The largest absolute Gasteiger partial charge is 0.322 e. The van der Waals surface area contributed by atoms with E-state index in [1.165, 1.54) is 0 Å². The van der Waals surface area contributed by atoms with Crippen LogP contribution in [0.3, 0.4) is 0 Å². The Balaban J connectivity index is 1.67. The van der Waals surface area contributed by atoms with Crippen LogP contribution in [-0.2, 0) is 0 Å². The summed E-state index contributed by atoms with van der Waals surface area (Å²) in [7, 11) is 0. The van der Waals surface area contributed by atoms with Crippen molar-refractivity contribution in [1.29, 1.82) is 0 Å². The molecule has 1 aliphatic heterocycles. The summed E-state index contributed by atoms with van der Waals surface area (Å²) in [5.41, 5.74) is 1.87. The van der Waals surface area contributed by atoms with Crippen molar-refractivity contribution in [2.75, 3.05) is 17.6 Å². The molecule has 0 radical (unpaired) electrons. The van der Waals surface area contributed by atoms with Crippen molar-refractivity contribution >= 4 is 23.5 Å². The van der Waals surface area contributed by atoms with Crippen LogP contribution in [0.25, 0.3) is 0 Å². The fourth-order valence-corrected chi connectivity index (χ4v) is 3.41. The Morgan fingerprint density at radius 3 is 2.87 bits per heavy atom. The summed E-state index contributed by atoms with van der Waals surface area (Å²) in [5, 5.41) is 3.93. The van der Waals surface area contributed by atoms with Crippen LogP contribution in [0, 0.1) is 0 Å². The molecular formula is C17H20N4OS. The van der Waals surface area contributed by atoms with Gasteiger partial charge in [0.05, 0.1) is 23.0 Å². The lowest BCUT2D eigenvalue weighted by Crippen LogP contribution is -2.34. The maximum atomic E-state index is 12.6. The number of nitrogens with zero attached hydrogens (tertiary/aromatic N) is 3. The second-order valence-corrected chi connectivity index (χ2v) is 6.66. The van der Waals surface area contributed by atoms with E-state index in [0.717, 1.165) is 41.4 Å². The monoisotopic (exact) mass is 328 g/mol. The van der Waals surface area contributed by atoms with Gasteiger partial charge in [-0.05, 0) is 48.4 Å². The number of nitrogens with one attached hydrogen (secondary N) is 1. The first kappa shape index (κ1) is 15.8. The van der Waals surface area contributed by atoms with Gasteiger partial charge in [0.1, 0.15) is 0 Å². The van der Waals surface area contributed by atoms with Crippen LogP contribution in [0.15, 0.2) is 47.9 Å². The molecule has 3 heterocycles. The van der Waals surface area contributed by atoms with Crippen molar-refractivity contribution in [2.45, 2.75) is 30.8 Å². The molecule has 1 fully saturated rings. The first-order chi connectivity index (χ1) is 11.3. The quantitative estimate of drug-likeness (QED) is 0.863. The third-order valence-electron chi connectivity index (χ3n) is 3.88. The summed E-state index contributed by atoms with van der Waals surface area (Å²) < 4.78 is 0. The molecule has 2 aromatic rings. The molecule has 1 saturated heterocycles. The van der Waals surface area contributed by atoms with Gasteiger partial charge in [0.15, 0.2) is 0 Å². The predicted molar refractivity (Wildman–Crippen MR) is 92.6 cm³/mol. The number of anilines is 1. The van der Waals surface area contributed by atoms with Gasteiger partial charge in [-0.15, -0.1) is 11.8 Å². The molecular weight excluding hydrogens is 308 g/mol. The van der Waals surface area contributed by atoms with E-state index in [-0.39, 0.29) is 12.1 Å². The number of hydrogen-bond donors (Lipinski definition) is 1. The summed E-state index contributed by atoms with van der Waals surface area (Å²) in [4.78, 5) is 22.9. The topological polar surface area (TPSA) is 58.1 Å². The van der Waals surface area contributed by atoms with E-state index in [1.54, 1.807) is 30.4 Å². The highest BCUT2D eigenvalue weighted by Gasteiger charge is 2.29. The highest BCUT2D eigenvalue weighted by Crippen LogP contribution is 2.32.